The van der Waals surface area contributed by atoms with Crippen molar-refractivity contribution in [3.63, 3.8) is 0 Å². The lowest BCUT2D eigenvalue weighted by Gasteiger charge is -2.11. The SMILES string of the molecule is COC(C)CNc1ccc(C(=O)N(C)C)nn1. The fourth-order valence-electron chi connectivity index (χ4n) is 1.10. The van der Waals surface area contributed by atoms with E-state index in [1.165, 1.54) is 4.90 Å². The molecule has 6 heteroatoms. The van der Waals surface area contributed by atoms with Crippen LogP contribution in [0.15, 0.2) is 12.1 Å². The van der Waals surface area contributed by atoms with E-state index < -0.39 is 0 Å². The van der Waals surface area contributed by atoms with Crippen molar-refractivity contribution in [2.75, 3.05) is 33.1 Å². The average molecular weight is 238 g/mol. The highest BCUT2D eigenvalue weighted by molar-refractivity contribution is 5.91. The molecule has 1 heterocycles. The van der Waals surface area contributed by atoms with Crippen LogP contribution in [0, 0.1) is 0 Å². The van der Waals surface area contributed by atoms with Gasteiger partial charge in [0.05, 0.1) is 6.10 Å². The Kier molecular flexibility index (Phi) is 4.84. The molecular weight excluding hydrogens is 220 g/mol. The quantitative estimate of drug-likeness (QED) is 0.814. The van der Waals surface area contributed by atoms with Crippen LogP contribution in [0.2, 0.25) is 0 Å². The summed E-state index contributed by atoms with van der Waals surface area (Å²) < 4.78 is 5.09. The van der Waals surface area contributed by atoms with E-state index >= 15 is 0 Å². The van der Waals surface area contributed by atoms with Gasteiger partial charge >= 0.3 is 0 Å². The summed E-state index contributed by atoms with van der Waals surface area (Å²) in [6.07, 6.45) is 0.0971. The molecule has 1 rings (SSSR count). The van der Waals surface area contributed by atoms with Gasteiger partial charge in [-0.3, -0.25) is 4.79 Å². The lowest BCUT2D eigenvalue weighted by Crippen LogP contribution is -2.23. The molecule has 0 fully saturated rings. The fraction of sp³-hybridized carbons (Fsp3) is 0.545. The van der Waals surface area contributed by atoms with Crippen LogP contribution in [0.4, 0.5) is 5.82 Å². The molecule has 0 aromatic carbocycles. The molecule has 0 spiro atoms. The monoisotopic (exact) mass is 238 g/mol. The summed E-state index contributed by atoms with van der Waals surface area (Å²) in [6.45, 7) is 2.59. The van der Waals surface area contributed by atoms with E-state index in [0.717, 1.165) is 0 Å². The van der Waals surface area contributed by atoms with Crippen LogP contribution in [0.3, 0.4) is 0 Å². The van der Waals surface area contributed by atoms with Crippen molar-refractivity contribution < 1.29 is 9.53 Å². The summed E-state index contributed by atoms with van der Waals surface area (Å²) in [7, 11) is 5.00. The molecule has 17 heavy (non-hydrogen) atoms. The van der Waals surface area contributed by atoms with Crippen molar-refractivity contribution in [1.29, 1.82) is 0 Å². The van der Waals surface area contributed by atoms with E-state index in [0.29, 0.717) is 18.1 Å². The number of hydrogen-bond donors (Lipinski definition) is 1. The van der Waals surface area contributed by atoms with Crippen LogP contribution in [-0.4, -0.2) is 54.9 Å². The molecule has 6 nitrogen and oxygen atoms in total. The molecule has 1 amide bonds. The summed E-state index contributed by atoms with van der Waals surface area (Å²) in [4.78, 5) is 13.0. The second-order valence-electron chi connectivity index (χ2n) is 3.93. The number of hydrogen-bond acceptors (Lipinski definition) is 5. The first kappa shape index (κ1) is 13.4. The first-order chi connectivity index (χ1) is 8.04. The minimum absolute atomic E-state index is 0.0971. The van der Waals surface area contributed by atoms with E-state index in [1.807, 2.05) is 6.92 Å². The predicted molar refractivity (Wildman–Crippen MR) is 65.0 cm³/mol. The van der Waals surface area contributed by atoms with E-state index in [2.05, 4.69) is 15.5 Å². The van der Waals surface area contributed by atoms with Crippen LogP contribution < -0.4 is 5.32 Å². The normalized spacial score (nSPS) is 12.0. The van der Waals surface area contributed by atoms with Crippen molar-refractivity contribution in [2.24, 2.45) is 0 Å². The Morgan fingerprint density at radius 1 is 1.47 bits per heavy atom. The molecule has 1 aromatic rings. The number of nitrogens with one attached hydrogen (secondary N) is 1. The Morgan fingerprint density at radius 2 is 2.18 bits per heavy atom. The highest BCUT2D eigenvalue weighted by Gasteiger charge is 2.10. The van der Waals surface area contributed by atoms with Crippen molar-refractivity contribution in [3.05, 3.63) is 17.8 Å². The zero-order valence-corrected chi connectivity index (χ0v) is 10.6. The fourth-order valence-corrected chi connectivity index (χ4v) is 1.10. The summed E-state index contributed by atoms with van der Waals surface area (Å²) in [5.74, 6) is 0.471. The third-order valence-electron chi connectivity index (χ3n) is 2.26. The van der Waals surface area contributed by atoms with Crippen molar-refractivity contribution in [1.82, 2.24) is 15.1 Å². The summed E-state index contributed by atoms with van der Waals surface area (Å²) in [5, 5.41) is 10.9. The van der Waals surface area contributed by atoms with E-state index in [-0.39, 0.29) is 12.0 Å². The number of nitrogens with zero attached hydrogens (tertiary/aromatic N) is 3. The molecular formula is C11H18N4O2. The van der Waals surface area contributed by atoms with Gasteiger partial charge in [0, 0.05) is 27.7 Å². The van der Waals surface area contributed by atoms with Gasteiger partial charge in [-0.2, -0.15) is 0 Å². The van der Waals surface area contributed by atoms with E-state index in [4.69, 9.17) is 4.74 Å². The van der Waals surface area contributed by atoms with Gasteiger partial charge in [-0.15, -0.1) is 10.2 Å². The van der Waals surface area contributed by atoms with E-state index in [9.17, 15) is 4.79 Å². The second kappa shape index (κ2) is 6.15. The average Bonchev–Trinajstić information content (AvgIpc) is 2.35. The third kappa shape index (κ3) is 3.99. The molecule has 0 aliphatic rings. The van der Waals surface area contributed by atoms with Crippen LogP contribution >= 0.6 is 0 Å². The summed E-state index contributed by atoms with van der Waals surface area (Å²) in [5.41, 5.74) is 0.334. The highest BCUT2D eigenvalue weighted by Crippen LogP contribution is 2.04. The third-order valence-corrected chi connectivity index (χ3v) is 2.26. The Bertz CT molecular complexity index is 364. The molecule has 1 unspecified atom stereocenters. The van der Waals surface area contributed by atoms with Gasteiger partial charge in [-0.05, 0) is 19.1 Å². The Labute approximate surface area is 101 Å². The number of amides is 1. The molecule has 0 radical (unpaired) electrons. The zero-order chi connectivity index (χ0) is 12.8. The van der Waals surface area contributed by atoms with Gasteiger partial charge in [-0.25, -0.2) is 0 Å². The number of anilines is 1. The van der Waals surface area contributed by atoms with Gasteiger partial charge in [-0.1, -0.05) is 0 Å². The number of methoxy groups -OCH3 is 1. The van der Waals surface area contributed by atoms with Gasteiger partial charge in [0.1, 0.15) is 5.82 Å². The van der Waals surface area contributed by atoms with Crippen molar-refractivity contribution in [2.45, 2.75) is 13.0 Å². The van der Waals surface area contributed by atoms with Crippen LogP contribution in [0.5, 0.6) is 0 Å². The zero-order valence-electron chi connectivity index (χ0n) is 10.6. The predicted octanol–water partition coefficient (Wildman–Crippen LogP) is 0.625. The smallest absolute Gasteiger partial charge is 0.273 e. The number of ether oxygens (including phenoxy) is 1. The molecule has 1 aromatic heterocycles. The summed E-state index contributed by atoms with van der Waals surface area (Å²) >= 11 is 0. The molecule has 0 bridgehead atoms. The van der Waals surface area contributed by atoms with Gasteiger partial charge in [0.25, 0.3) is 5.91 Å². The van der Waals surface area contributed by atoms with Gasteiger partial charge in [0.15, 0.2) is 5.69 Å². The number of rotatable bonds is 5. The second-order valence-corrected chi connectivity index (χ2v) is 3.93. The van der Waals surface area contributed by atoms with Crippen LogP contribution in [0.1, 0.15) is 17.4 Å². The molecule has 0 aliphatic carbocycles. The molecule has 0 aliphatic heterocycles. The molecule has 0 saturated heterocycles. The highest BCUT2D eigenvalue weighted by atomic mass is 16.5. The van der Waals surface area contributed by atoms with Crippen LogP contribution in [-0.2, 0) is 4.74 Å². The largest absolute Gasteiger partial charge is 0.380 e. The Hall–Kier alpha value is -1.69. The Balaban J connectivity index is 2.59. The van der Waals surface area contributed by atoms with Gasteiger partial charge < -0.3 is 15.0 Å². The minimum atomic E-state index is -0.158. The van der Waals surface area contributed by atoms with Crippen molar-refractivity contribution in [3.8, 4) is 0 Å². The lowest BCUT2D eigenvalue weighted by molar-refractivity contribution is 0.0821. The molecule has 1 atom stereocenters. The van der Waals surface area contributed by atoms with Crippen LogP contribution in [0.25, 0.3) is 0 Å². The molecule has 94 valence electrons. The van der Waals surface area contributed by atoms with Crippen molar-refractivity contribution >= 4 is 11.7 Å². The lowest BCUT2D eigenvalue weighted by atomic mass is 10.3. The first-order valence-electron chi connectivity index (χ1n) is 5.36. The van der Waals surface area contributed by atoms with E-state index in [1.54, 1.807) is 33.3 Å². The molecule has 1 N–H and O–H groups in total. The number of aromatic nitrogens is 2. The standard InChI is InChI=1S/C11H18N4O2/c1-8(17-4)7-12-10-6-5-9(13-14-10)11(16)15(2)3/h5-6,8H,7H2,1-4H3,(H,12,14). The first-order valence-corrected chi connectivity index (χ1v) is 5.36. The maximum atomic E-state index is 11.6. The maximum Gasteiger partial charge on any atom is 0.273 e. The number of carbonyl (C=O) groups excluding carboxylic acids is 1. The molecule has 0 saturated carbocycles. The van der Waals surface area contributed by atoms with Gasteiger partial charge in [0.2, 0.25) is 0 Å². The minimum Gasteiger partial charge on any atom is -0.380 e. The Morgan fingerprint density at radius 3 is 2.65 bits per heavy atom. The topological polar surface area (TPSA) is 67.3 Å². The number of carbonyl (C=O) groups is 1. The summed E-state index contributed by atoms with van der Waals surface area (Å²) in [6, 6.07) is 3.38. The maximum absolute atomic E-state index is 11.6.